The van der Waals surface area contributed by atoms with Crippen LogP contribution in [-0.2, 0) is 23.1 Å². The molecule has 0 aromatic heterocycles. The summed E-state index contributed by atoms with van der Waals surface area (Å²) in [7, 11) is 1.60. The third kappa shape index (κ3) is 3.61. The van der Waals surface area contributed by atoms with Gasteiger partial charge in [-0.25, -0.2) is 4.79 Å². The van der Waals surface area contributed by atoms with E-state index in [0.29, 0.717) is 36.1 Å². The van der Waals surface area contributed by atoms with Crippen LogP contribution in [0, 0.1) is 0 Å². The van der Waals surface area contributed by atoms with E-state index < -0.39 is 23.2 Å². The van der Waals surface area contributed by atoms with Crippen LogP contribution in [0.5, 0.6) is 5.75 Å². The fourth-order valence-corrected chi connectivity index (χ4v) is 5.14. The van der Waals surface area contributed by atoms with E-state index >= 15 is 0 Å². The molecule has 0 amide bonds. The van der Waals surface area contributed by atoms with Crippen molar-refractivity contribution < 1.29 is 27.8 Å². The Morgan fingerprint density at radius 3 is 2.35 bits per heavy atom. The highest BCUT2D eigenvalue weighted by molar-refractivity contribution is 5.88. The van der Waals surface area contributed by atoms with E-state index in [2.05, 4.69) is 4.90 Å². The van der Waals surface area contributed by atoms with Crippen LogP contribution in [0.4, 0.5) is 13.2 Å². The molecule has 2 bridgehead atoms. The number of carboxylic acid groups (broad SMARTS) is 1. The molecule has 2 aliphatic rings. The number of fused-ring (bicyclic) bond motifs is 2. The largest absolute Gasteiger partial charge is 0.497 e. The third-order valence-corrected chi connectivity index (χ3v) is 6.74. The molecule has 1 saturated heterocycles. The van der Waals surface area contributed by atoms with Gasteiger partial charge in [-0.15, -0.1) is 0 Å². The van der Waals surface area contributed by atoms with Gasteiger partial charge in [0.25, 0.3) is 0 Å². The van der Waals surface area contributed by atoms with Crippen LogP contribution in [-0.4, -0.2) is 29.1 Å². The lowest BCUT2D eigenvalue weighted by Gasteiger charge is -2.46. The zero-order valence-corrected chi connectivity index (χ0v) is 17.4. The molecule has 2 heterocycles. The number of hydrogen-bond donors (Lipinski definition) is 1. The molecule has 1 N–H and O–H groups in total. The zero-order valence-electron chi connectivity index (χ0n) is 17.4. The highest BCUT2D eigenvalue weighted by atomic mass is 19.4. The second-order valence-electron chi connectivity index (χ2n) is 8.22. The van der Waals surface area contributed by atoms with Crippen LogP contribution in [0.1, 0.15) is 42.9 Å². The SMILES string of the molecule is COc1ccc(CN2[C@H]3CC[C@@]2(c2ccc(C(F)(F)F)cc2)C(C)=C(C(=O)O)C3)cc1. The fraction of sp³-hybridized carbons (Fsp3) is 0.375. The molecule has 2 atom stereocenters. The van der Waals surface area contributed by atoms with Crippen LogP contribution in [0.15, 0.2) is 59.7 Å². The van der Waals surface area contributed by atoms with Crippen LogP contribution in [0.2, 0.25) is 0 Å². The number of halogens is 3. The van der Waals surface area contributed by atoms with E-state index in [-0.39, 0.29) is 6.04 Å². The van der Waals surface area contributed by atoms with E-state index in [0.717, 1.165) is 29.9 Å². The zero-order chi connectivity index (χ0) is 22.4. The highest BCUT2D eigenvalue weighted by Crippen LogP contribution is 2.54. The lowest BCUT2D eigenvalue weighted by atomic mass is 9.76. The van der Waals surface area contributed by atoms with Crippen molar-refractivity contribution in [3.05, 3.63) is 76.4 Å². The Bertz CT molecular complexity index is 1010. The highest BCUT2D eigenvalue weighted by Gasteiger charge is 2.53. The molecule has 2 aliphatic heterocycles. The first-order valence-electron chi connectivity index (χ1n) is 10.2. The first kappa shape index (κ1) is 21.4. The maximum absolute atomic E-state index is 13.1. The van der Waals surface area contributed by atoms with Gasteiger partial charge in [-0.3, -0.25) is 4.90 Å². The molecular formula is C24H24F3NO3. The van der Waals surface area contributed by atoms with Crippen LogP contribution in [0.25, 0.3) is 0 Å². The average molecular weight is 431 g/mol. The summed E-state index contributed by atoms with van der Waals surface area (Å²) in [5.41, 5.74) is 1.37. The minimum absolute atomic E-state index is 0.0131. The van der Waals surface area contributed by atoms with E-state index in [4.69, 9.17) is 4.74 Å². The van der Waals surface area contributed by atoms with Crippen molar-refractivity contribution in [3.8, 4) is 5.75 Å². The van der Waals surface area contributed by atoms with Gasteiger partial charge in [-0.05, 0) is 67.2 Å². The molecule has 0 spiro atoms. The number of carboxylic acids is 1. The molecule has 4 rings (SSSR count). The van der Waals surface area contributed by atoms with E-state index in [9.17, 15) is 23.1 Å². The third-order valence-electron chi connectivity index (χ3n) is 6.74. The number of nitrogens with zero attached hydrogens (tertiary/aromatic N) is 1. The molecule has 1 fully saturated rings. The Morgan fingerprint density at radius 1 is 1.16 bits per heavy atom. The number of aliphatic carboxylic acids is 1. The average Bonchev–Trinajstić information content (AvgIpc) is 3.01. The lowest BCUT2D eigenvalue weighted by molar-refractivity contribution is -0.137. The number of rotatable bonds is 5. The van der Waals surface area contributed by atoms with E-state index in [1.807, 2.05) is 31.2 Å². The van der Waals surface area contributed by atoms with Crippen molar-refractivity contribution in [2.24, 2.45) is 0 Å². The van der Waals surface area contributed by atoms with Crippen LogP contribution in [0.3, 0.4) is 0 Å². The molecule has 4 nitrogen and oxygen atoms in total. The van der Waals surface area contributed by atoms with Gasteiger partial charge in [-0.1, -0.05) is 24.3 Å². The summed E-state index contributed by atoms with van der Waals surface area (Å²) in [6.07, 6.45) is -2.53. The van der Waals surface area contributed by atoms with E-state index in [1.54, 1.807) is 7.11 Å². The Hall–Kier alpha value is -2.80. The second-order valence-corrected chi connectivity index (χ2v) is 8.22. The number of ether oxygens (including phenoxy) is 1. The molecule has 0 aliphatic carbocycles. The number of hydrogen-bond acceptors (Lipinski definition) is 3. The molecule has 0 unspecified atom stereocenters. The Labute approximate surface area is 178 Å². The molecule has 0 radical (unpaired) electrons. The lowest BCUT2D eigenvalue weighted by Crippen LogP contribution is -2.49. The first-order valence-corrected chi connectivity index (χ1v) is 10.2. The summed E-state index contributed by atoms with van der Waals surface area (Å²) in [6, 6.07) is 12.9. The molecule has 7 heteroatoms. The Morgan fingerprint density at radius 2 is 1.81 bits per heavy atom. The molecule has 0 saturated carbocycles. The quantitative estimate of drug-likeness (QED) is 0.691. The minimum Gasteiger partial charge on any atom is -0.497 e. The normalized spacial score (nSPS) is 23.8. The smallest absolute Gasteiger partial charge is 0.416 e. The predicted octanol–water partition coefficient (Wildman–Crippen LogP) is 5.38. The predicted molar refractivity (Wildman–Crippen MR) is 110 cm³/mol. The van der Waals surface area contributed by atoms with Crippen molar-refractivity contribution >= 4 is 5.97 Å². The monoisotopic (exact) mass is 431 g/mol. The molecule has 164 valence electrons. The Balaban J connectivity index is 1.79. The van der Waals surface area contributed by atoms with Gasteiger partial charge in [0.2, 0.25) is 0 Å². The summed E-state index contributed by atoms with van der Waals surface area (Å²) >= 11 is 0. The number of alkyl halides is 3. The van der Waals surface area contributed by atoms with Crippen molar-refractivity contribution in [1.29, 1.82) is 0 Å². The number of methoxy groups -OCH3 is 1. The van der Waals surface area contributed by atoms with Crippen molar-refractivity contribution in [2.45, 2.75) is 50.5 Å². The van der Waals surface area contributed by atoms with Gasteiger partial charge < -0.3 is 9.84 Å². The van der Waals surface area contributed by atoms with Gasteiger partial charge in [0.15, 0.2) is 0 Å². The summed E-state index contributed by atoms with van der Waals surface area (Å²) in [5, 5.41) is 9.78. The van der Waals surface area contributed by atoms with Crippen molar-refractivity contribution in [3.63, 3.8) is 0 Å². The molecule has 2 aromatic rings. The standard InChI is InChI=1S/C24H24F3NO3/c1-15-21(22(29)30)13-19-11-12-23(15,17-5-7-18(8-6-17)24(25,26)27)28(19)14-16-3-9-20(31-2)10-4-16/h3-10,19H,11-14H2,1-2H3,(H,29,30)/t19-,23-/m0/s1. The van der Waals surface area contributed by atoms with Crippen molar-refractivity contribution in [1.82, 2.24) is 4.90 Å². The van der Waals surface area contributed by atoms with Crippen LogP contribution >= 0.6 is 0 Å². The van der Waals surface area contributed by atoms with Gasteiger partial charge >= 0.3 is 12.1 Å². The molecule has 2 aromatic carbocycles. The first-order chi connectivity index (χ1) is 14.7. The molecule has 31 heavy (non-hydrogen) atoms. The maximum atomic E-state index is 13.1. The van der Waals surface area contributed by atoms with Gasteiger partial charge in [-0.2, -0.15) is 13.2 Å². The van der Waals surface area contributed by atoms with E-state index in [1.165, 1.54) is 12.1 Å². The van der Waals surface area contributed by atoms with Crippen LogP contribution < -0.4 is 4.74 Å². The molecular weight excluding hydrogens is 407 g/mol. The van der Waals surface area contributed by atoms with Gasteiger partial charge in [0.05, 0.1) is 18.2 Å². The Kier molecular flexibility index (Phi) is 5.33. The van der Waals surface area contributed by atoms with Crippen molar-refractivity contribution in [2.75, 3.05) is 7.11 Å². The van der Waals surface area contributed by atoms with Gasteiger partial charge in [0, 0.05) is 18.2 Å². The minimum atomic E-state index is -4.42. The topological polar surface area (TPSA) is 49.8 Å². The maximum Gasteiger partial charge on any atom is 0.416 e. The summed E-state index contributed by atoms with van der Waals surface area (Å²) in [6.45, 7) is 2.38. The van der Waals surface area contributed by atoms with Gasteiger partial charge in [0.1, 0.15) is 5.75 Å². The number of benzene rings is 2. The fourth-order valence-electron chi connectivity index (χ4n) is 5.14. The number of carbonyl (C=O) groups is 1. The second kappa shape index (κ2) is 7.71. The summed E-state index contributed by atoms with van der Waals surface area (Å²) in [4.78, 5) is 14.2. The summed E-state index contributed by atoms with van der Waals surface area (Å²) < 4.78 is 44.6. The summed E-state index contributed by atoms with van der Waals surface area (Å²) in [5.74, 6) is -0.211.